The summed E-state index contributed by atoms with van der Waals surface area (Å²) >= 11 is 0. The lowest BCUT2D eigenvalue weighted by atomic mass is 9.96. The minimum absolute atomic E-state index is 0.345. The molecule has 0 unspecified atom stereocenters. The van der Waals surface area contributed by atoms with E-state index in [0.717, 1.165) is 0 Å². The molecule has 1 aliphatic heterocycles. The molecule has 72 valence electrons. The molecule has 0 bridgehead atoms. The molecule has 0 amide bonds. The monoisotopic (exact) mass is 178 g/mol. The van der Waals surface area contributed by atoms with Gasteiger partial charge in [0.2, 0.25) is 0 Å². The normalized spacial score (nSPS) is 49.2. The highest BCUT2D eigenvalue weighted by Gasteiger charge is 2.40. The fraction of sp³-hybridized carbons (Fsp3) is 1.00. The lowest BCUT2D eigenvalue weighted by molar-refractivity contribution is -0.215. The van der Waals surface area contributed by atoms with E-state index in [1.165, 1.54) is 0 Å². The smallest absolute Gasteiger partial charge is 0.172 e. The van der Waals surface area contributed by atoms with Gasteiger partial charge in [0, 0.05) is 0 Å². The molecule has 0 aromatic carbocycles. The van der Waals surface area contributed by atoms with E-state index in [0.29, 0.717) is 0 Å². The van der Waals surface area contributed by atoms with Gasteiger partial charge in [-0.15, -0.1) is 0 Å². The van der Waals surface area contributed by atoms with Gasteiger partial charge in [-0.05, 0) is 0 Å². The lowest BCUT2D eigenvalue weighted by Gasteiger charge is -2.38. The molecule has 0 saturated carbocycles. The molecule has 1 rings (SSSR count). The molecule has 5 atom stereocenters. The summed E-state index contributed by atoms with van der Waals surface area (Å²) in [5.41, 5.74) is 10.8. The molecule has 1 fully saturated rings. The van der Waals surface area contributed by atoms with Crippen LogP contribution in [0, 0.1) is 0 Å². The SMILES string of the molecule is N[C@@H]1[C@@H](O)[C@H](N)[C@@H](CO)O[C@@H]1O. The molecule has 7 N–H and O–H groups in total. The summed E-state index contributed by atoms with van der Waals surface area (Å²) in [5.74, 6) is 0. The minimum atomic E-state index is -1.27. The zero-order chi connectivity index (χ0) is 9.30. The van der Waals surface area contributed by atoms with Crippen LogP contribution in [-0.4, -0.2) is 52.5 Å². The first-order valence-electron chi connectivity index (χ1n) is 3.71. The zero-order valence-electron chi connectivity index (χ0n) is 6.50. The third-order valence-corrected chi connectivity index (χ3v) is 2.04. The van der Waals surface area contributed by atoms with Gasteiger partial charge < -0.3 is 31.5 Å². The van der Waals surface area contributed by atoms with E-state index < -0.39 is 30.6 Å². The van der Waals surface area contributed by atoms with Crippen LogP contribution < -0.4 is 11.5 Å². The average molecular weight is 178 g/mol. The molecule has 6 nitrogen and oxygen atoms in total. The third-order valence-electron chi connectivity index (χ3n) is 2.04. The van der Waals surface area contributed by atoms with E-state index in [4.69, 9.17) is 26.4 Å². The van der Waals surface area contributed by atoms with Crippen molar-refractivity contribution in [2.24, 2.45) is 11.5 Å². The van der Waals surface area contributed by atoms with Crippen LogP contribution in [0.4, 0.5) is 0 Å². The maximum Gasteiger partial charge on any atom is 0.172 e. The molecule has 12 heavy (non-hydrogen) atoms. The molecule has 0 radical (unpaired) electrons. The second-order valence-corrected chi connectivity index (χ2v) is 2.89. The van der Waals surface area contributed by atoms with E-state index in [2.05, 4.69) is 0 Å². The summed E-state index contributed by atoms with van der Waals surface area (Å²) in [6, 6.07) is -1.67. The fourth-order valence-electron chi connectivity index (χ4n) is 1.17. The molecular formula is C6H14N2O4. The van der Waals surface area contributed by atoms with Gasteiger partial charge in [0.1, 0.15) is 6.10 Å². The Hall–Kier alpha value is -0.240. The Morgan fingerprint density at radius 2 is 1.75 bits per heavy atom. The Kier molecular flexibility index (Phi) is 2.99. The van der Waals surface area contributed by atoms with Crippen molar-refractivity contribution in [1.82, 2.24) is 0 Å². The number of aliphatic hydroxyl groups excluding tert-OH is 3. The number of rotatable bonds is 1. The molecule has 0 aromatic rings. The molecule has 1 heterocycles. The molecule has 1 saturated heterocycles. The van der Waals surface area contributed by atoms with Gasteiger partial charge in [-0.2, -0.15) is 0 Å². The summed E-state index contributed by atoms with van der Waals surface area (Å²) in [5, 5.41) is 27.1. The summed E-state index contributed by atoms with van der Waals surface area (Å²) in [7, 11) is 0. The van der Waals surface area contributed by atoms with Crippen molar-refractivity contribution in [2.75, 3.05) is 6.61 Å². The quantitative estimate of drug-likeness (QED) is 0.287. The van der Waals surface area contributed by atoms with Crippen LogP contribution in [0.2, 0.25) is 0 Å². The van der Waals surface area contributed by atoms with Crippen LogP contribution in [0.3, 0.4) is 0 Å². The maximum atomic E-state index is 9.32. The third kappa shape index (κ3) is 1.58. The Bertz CT molecular complexity index is 152. The highest BCUT2D eigenvalue weighted by atomic mass is 16.6. The summed E-state index contributed by atoms with van der Waals surface area (Å²) < 4.78 is 4.83. The van der Waals surface area contributed by atoms with E-state index in [-0.39, 0.29) is 6.61 Å². The van der Waals surface area contributed by atoms with Crippen molar-refractivity contribution in [1.29, 1.82) is 0 Å². The van der Waals surface area contributed by atoms with Crippen molar-refractivity contribution in [2.45, 2.75) is 30.6 Å². The zero-order valence-corrected chi connectivity index (χ0v) is 6.50. The predicted octanol–water partition coefficient (Wildman–Crippen LogP) is -3.29. The standard InChI is InChI=1S/C6H14N2O4/c7-3-2(1-9)12-6(11)4(8)5(3)10/h2-6,9-11H,1,7-8H2/t2-,3-,4-,5+,6+/m1/s1. The molecule has 0 aliphatic carbocycles. The molecule has 1 aliphatic rings. The van der Waals surface area contributed by atoms with Crippen LogP contribution in [0.25, 0.3) is 0 Å². The number of nitrogens with two attached hydrogens (primary N) is 2. The highest BCUT2D eigenvalue weighted by molar-refractivity contribution is 4.93. The Morgan fingerprint density at radius 1 is 1.17 bits per heavy atom. The summed E-state index contributed by atoms with van der Waals surface area (Å²) in [6.07, 6.45) is -3.07. The van der Waals surface area contributed by atoms with Gasteiger partial charge in [0.25, 0.3) is 0 Å². The van der Waals surface area contributed by atoms with Gasteiger partial charge in [-0.25, -0.2) is 0 Å². The number of hydrogen-bond donors (Lipinski definition) is 5. The van der Waals surface area contributed by atoms with Gasteiger partial charge in [0.05, 0.1) is 24.8 Å². The average Bonchev–Trinajstić information content (AvgIpc) is 2.08. The number of aliphatic hydroxyl groups is 3. The van der Waals surface area contributed by atoms with Crippen molar-refractivity contribution in [3.8, 4) is 0 Å². The summed E-state index contributed by atoms with van der Waals surface area (Å²) in [6.45, 7) is -0.345. The van der Waals surface area contributed by atoms with E-state index in [1.807, 2.05) is 0 Å². The highest BCUT2D eigenvalue weighted by Crippen LogP contribution is 2.16. The van der Waals surface area contributed by atoms with Crippen molar-refractivity contribution >= 4 is 0 Å². The van der Waals surface area contributed by atoms with Crippen molar-refractivity contribution in [3.63, 3.8) is 0 Å². The van der Waals surface area contributed by atoms with Crippen LogP contribution in [0.15, 0.2) is 0 Å². The lowest BCUT2D eigenvalue weighted by Crippen LogP contribution is -2.64. The molecule has 0 spiro atoms. The van der Waals surface area contributed by atoms with E-state index >= 15 is 0 Å². The first kappa shape index (κ1) is 9.85. The van der Waals surface area contributed by atoms with Gasteiger partial charge in [0.15, 0.2) is 6.29 Å². The summed E-state index contributed by atoms with van der Waals surface area (Å²) in [4.78, 5) is 0. The van der Waals surface area contributed by atoms with Crippen LogP contribution in [0.1, 0.15) is 0 Å². The minimum Gasteiger partial charge on any atom is -0.394 e. The first-order valence-corrected chi connectivity index (χ1v) is 3.71. The second-order valence-electron chi connectivity index (χ2n) is 2.89. The fourth-order valence-corrected chi connectivity index (χ4v) is 1.17. The Labute approximate surface area is 69.7 Å². The van der Waals surface area contributed by atoms with Gasteiger partial charge in [-0.1, -0.05) is 0 Å². The first-order chi connectivity index (χ1) is 5.57. The molecular weight excluding hydrogens is 164 g/mol. The topological polar surface area (TPSA) is 122 Å². The van der Waals surface area contributed by atoms with E-state index in [1.54, 1.807) is 0 Å². The Balaban J connectivity index is 2.63. The predicted molar refractivity (Wildman–Crippen MR) is 39.9 cm³/mol. The molecule has 0 aromatic heterocycles. The van der Waals surface area contributed by atoms with Gasteiger partial charge >= 0.3 is 0 Å². The largest absolute Gasteiger partial charge is 0.394 e. The van der Waals surface area contributed by atoms with Crippen LogP contribution >= 0.6 is 0 Å². The molecule has 6 heteroatoms. The number of hydrogen-bond acceptors (Lipinski definition) is 6. The van der Waals surface area contributed by atoms with Crippen molar-refractivity contribution < 1.29 is 20.1 Å². The second kappa shape index (κ2) is 3.65. The van der Waals surface area contributed by atoms with Crippen molar-refractivity contribution in [3.05, 3.63) is 0 Å². The maximum absolute atomic E-state index is 9.32. The Morgan fingerprint density at radius 3 is 2.25 bits per heavy atom. The number of ether oxygens (including phenoxy) is 1. The van der Waals surface area contributed by atoms with Crippen LogP contribution in [-0.2, 0) is 4.74 Å². The van der Waals surface area contributed by atoms with Crippen LogP contribution in [0.5, 0.6) is 0 Å². The van der Waals surface area contributed by atoms with Gasteiger partial charge in [-0.3, -0.25) is 0 Å². The van der Waals surface area contributed by atoms with E-state index in [9.17, 15) is 5.11 Å².